The Morgan fingerprint density at radius 3 is 2.95 bits per heavy atom. The number of Topliss-reactive ketones (excluding diaryl/α,β-unsaturated/α-hetero) is 1. The first-order valence-electron chi connectivity index (χ1n) is 7.08. The van der Waals surface area contributed by atoms with Crippen molar-refractivity contribution in [2.45, 2.75) is 18.9 Å². The number of hydrogen-bond donors (Lipinski definition) is 0. The molecule has 2 heterocycles. The summed E-state index contributed by atoms with van der Waals surface area (Å²) in [6.45, 7) is 3.95. The predicted octanol–water partition coefficient (Wildman–Crippen LogP) is 1.93. The predicted molar refractivity (Wildman–Crippen MR) is 71.7 cm³/mol. The second-order valence-corrected chi connectivity index (χ2v) is 5.61. The maximum absolute atomic E-state index is 13.6. The first-order valence-corrected chi connectivity index (χ1v) is 7.08. The topological polar surface area (TPSA) is 23.6 Å². The van der Waals surface area contributed by atoms with Gasteiger partial charge in [-0.05, 0) is 37.6 Å². The van der Waals surface area contributed by atoms with Crippen LogP contribution >= 0.6 is 0 Å². The Labute approximate surface area is 117 Å². The van der Waals surface area contributed by atoms with Crippen molar-refractivity contribution in [2.75, 3.05) is 32.7 Å². The molecule has 5 heteroatoms. The Bertz CT molecular complexity index is 521. The molecule has 2 aliphatic heterocycles. The number of carbonyl (C=O) groups is 1. The summed E-state index contributed by atoms with van der Waals surface area (Å²) in [5.41, 5.74) is -0.140. The van der Waals surface area contributed by atoms with Crippen LogP contribution in [0.15, 0.2) is 18.2 Å². The molecule has 3 nitrogen and oxygen atoms in total. The summed E-state index contributed by atoms with van der Waals surface area (Å²) >= 11 is 0. The number of carbonyl (C=O) groups excluding carboxylic acids is 1. The molecule has 1 unspecified atom stereocenters. The Balaban J connectivity index is 1.65. The smallest absolute Gasteiger partial charge is 0.179 e. The lowest BCUT2D eigenvalue weighted by atomic mass is 10.1. The number of hydrogen-bond acceptors (Lipinski definition) is 3. The number of ketones is 1. The number of halogens is 2. The van der Waals surface area contributed by atoms with Gasteiger partial charge in [-0.15, -0.1) is 0 Å². The SMILES string of the molecule is O=C(CN1CCN2CCCC2C1)c1cc(F)ccc1F. The van der Waals surface area contributed by atoms with E-state index in [2.05, 4.69) is 9.80 Å². The molecule has 20 heavy (non-hydrogen) atoms. The Morgan fingerprint density at radius 1 is 1.25 bits per heavy atom. The van der Waals surface area contributed by atoms with Crippen molar-refractivity contribution in [3.8, 4) is 0 Å². The van der Waals surface area contributed by atoms with Gasteiger partial charge in [0.15, 0.2) is 5.78 Å². The first kappa shape index (κ1) is 13.6. The van der Waals surface area contributed by atoms with Gasteiger partial charge in [-0.3, -0.25) is 14.6 Å². The van der Waals surface area contributed by atoms with Crippen molar-refractivity contribution >= 4 is 5.78 Å². The molecule has 0 aliphatic carbocycles. The molecule has 0 aromatic heterocycles. The van der Waals surface area contributed by atoms with Crippen LogP contribution in [0.2, 0.25) is 0 Å². The highest BCUT2D eigenvalue weighted by molar-refractivity contribution is 5.97. The maximum Gasteiger partial charge on any atom is 0.179 e. The molecule has 0 radical (unpaired) electrons. The lowest BCUT2D eigenvalue weighted by molar-refractivity contribution is 0.0780. The summed E-state index contributed by atoms with van der Waals surface area (Å²) in [5, 5.41) is 0. The summed E-state index contributed by atoms with van der Waals surface area (Å²) in [6.07, 6.45) is 2.38. The van der Waals surface area contributed by atoms with Crippen molar-refractivity contribution in [3.63, 3.8) is 0 Å². The summed E-state index contributed by atoms with van der Waals surface area (Å²) in [7, 11) is 0. The fraction of sp³-hybridized carbons (Fsp3) is 0.533. The fourth-order valence-corrected chi connectivity index (χ4v) is 3.20. The van der Waals surface area contributed by atoms with Gasteiger partial charge >= 0.3 is 0 Å². The highest BCUT2D eigenvalue weighted by atomic mass is 19.1. The Hall–Kier alpha value is -1.33. The molecule has 1 aromatic carbocycles. The maximum atomic E-state index is 13.6. The van der Waals surface area contributed by atoms with E-state index in [1.807, 2.05) is 0 Å². The van der Waals surface area contributed by atoms with E-state index in [4.69, 9.17) is 0 Å². The standard InChI is InChI=1S/C15H18F2N2O/c16-11-3-4-14(17)13(8-11)15(20)10-18-6-7-19-5-1-2-12(19)9-18/h3-4,8,12H,1-2,5-7,9-10H2. The minimum atomic E-state index is -0.643. The first-order chi connectivity index (χ1) is 9.63. The van der Waals surface area contributed by atoms with Crippen molar-refractivity contribution in [1.82, 2.24) is 9.80 Å². The highest BCUT2D eigenvalue weighted by Gasteiger charge is 2.31. The lowest BCUT2D eigenvalue weighted by Gasteiger charge is -2.37. The van der Waals surface area contributed by atoms with E-state index in [9.17, 15) is 13.6 Å². The zero-order valence-corrected chi connectivity index (χ0v) is 11.3. The average Bonchev–Trinajstić information content (AvgIpc) is 2.89. The molecule has 1 atom stereocenters. The van der Waals surface area contributed by atoms with Crippen LogP contribution in [-0.4, -0.2) is 54.3 Å². The molecular formula is C15H18F2N2O. The average molecular weight is 280 g/mol. The van der Waals surface area contributed by atoms with E-state index in [1.54, 1.807) is 0 Å². The molecule has 108 valence electrons. The molecule has 2 fully saturated rings. The molecule has 2 saturated heterocycles. The van der Waals surface area contributed by atoms with Gasteiger partial charge in [-0.1, -0.05) is 0 Å². The van der Waals surface area contributed by atoms with Gasteiger partial charge in [0.05, 0.1) is 12.1 Å². The molecule has 0 saturated carbocycles. The van der Waals surface area contributed by atoms with Gasteiger partial charge in [0.25, 0.3) is 0 Å². The van der Waals surface area contributed by atoms with E-state index >= 15 is 0 Å². The summed E-state index contributed by atoms with van der Waals surface area (Å²) in [5.74, 6) is -1.56. The van der Waals surface area contributed by atoms with Crippen molar-refractivity contribution in [3.05, 3.63) is 35.4 Å². The monoisotopic (exact) mass is 280 g/mol. The quantitative estimate of drug-likeness (QED) is 0.790. The fourth-order valence-electron chi connectivity index (χ4n) is 3.20. The van der Waals surface area contributed by atoms with E-state index < -0.39 is 11.6 Å². The van der Waals surface area contributed by atoms with Crippen LogP contribution in [-0.2, 0) is 0 Å². The molecule has 0 amide bonds. The summed E-state index contributed by atoms with van der Waals surface area (Å²) in [4.78, 5) is 16.6. The lowest BCUT2D eigenvalue weighted by Crippen LogP contribution is -2.51. The van der Waals surface area contributed by atoms with Crippen molar-refractivity contribution in [1.29, 1.82) is 0 Å². The second-order valence-electron chi connectivity index (χ2n) is 5.61. The largest absolute Gasteiger partial charge is 0.298 e. The van der Waals surface area contributed by atoms with Crippen LogP contribution in [0.5, 0.6) is 0 Å². The minimum absolute atomic E-state index is 0.140. The summed E-state index contributed by atoms with van der Waals surface area (Å²) in [6, 6.07) is 3.55. The summed E-state index contributed by atoms with van der Waals surface area (Å²) < 4.78 is 26.7. The minimum Gasteiger partial charge on any atom is -0.298 e. The normalized spacial score (nSPS) is 23.8. The third-order valence-corrected chi connectivity index (χ3v) is 4.27. The number of benzene rings is 1. The molecule has 0 bridgehead atoms. The van der Waals surface area contributed by atoms with Crippen LogP contribution in [0.4, 0.5) is 8.78 Å². The van der Waals surface area contributed by atoms with Gasteiger partial charge in [0.1, 0.15) is 11.6 Å². The third kappa shape index (κ3) is 2.74. The number of fused-ring (bicyclic) bond motifs is 1. The molecule has 1 aromatic rings. The van der Waals surface area contributed by atoms with Gasteiger partial charge in [-0.25, -0.2) is 8.78 Å². The van der Waals surface area contributed by atoms with E-state index in [0.717, 1.165) is 44.4 Å². The molecule has 0 spiro atoms. The molecule has 3 rings (SSSR count). The third-order valence-electron chi connectivity index (χ3n) is 4.27. The Morgan fingerprint density at radius 2 is 2.10 bits per heavy atom. The van der Waals surface area contributed by atoms with Crippen LogP contribution in [0, 0.1) is 11.6 Å². The van der Waals surface area contributed by atoms with Crippen LogP contribution in [0.3, 0.4) is 0 Å². The Kier molecular flexibility index (Phi) is 3.81. The van der Waals surface area contributed by atoms with Crippen molar-refractivity contribution in [2.24, 2.45) is 0 Å². The zero-order chi connectivity index (χ0) is 14.1. The van der Waals surface area contributed by atoms with Gasteiger partial charge < -0.3 is 0 Å². The second kappa shape index (κ2) is 5.58. The van der Waals surface area contributed by atoms with Gasteiger partial charge in [-0.2, -0.15) is 0 Å². The van der Waals surface area contributed by atoms with Gasteiger partial charge in [0, 0.05) is 25.7 Å². The van der Waals surface area contributed by atoms with Crippen molar-refractivity contribution < 1.29 is 13.6 Å². The number of piperazine rings is 1. The highest BCUT2D eigenvalue weighted by Crippen LogP contribution is 2.21. The van der Waals surface area contributed by atoms with Crippen LogP contribution < -0.4 is 0 Å². The molecular weight excluding hydrogens is 262 g/mol. The van der Waals surface area contributed by atoms with E-state index in [1.165, 1.54) is 12.8 Å². The molecule has 2 aliphatic rings. The number of rotatable bonds is 3. The zero-order valence-electron chi connectivity index (χ0n) is 11.3. The number of nitrogens with zero attached hydrogens (tertiary/aromatic N) is 2. The molecule has 0 N–H and O–H groups in total. The van der Waals surface area contributed by atoms with Crippen LogP contribution in [0.1, 0.15) is 23.2 Å². The van der Waals surface area contributed by atoms with E-state index in [-0.39, 0.29) is 17.9 Å². The van der Waals surface area contributed by atoms with Gasteiger partial charge in [0.2, 0.25) is 0 Å². The van der Waals surface area contributed by atoms with Crippen LogP contribution in [0.25, 0.3) is 0 Å². The van der Waals surface area contributed by atoms with E-state index in [0.29, 0.717) is 6.04 Å².